The second-order valence-electron chi connectivity index (χ2n) is 1.29. The summed E-state index contributed by atoms with van der Waals surface area (Å²) in [5.41, 5.74) is 12.7. The molecule has 0 aliphatic carbocycles. The number of nitrogens with one attached hydrogen (secondary N) is 1. The summed E-state index contributed by atoms with van der Waals surface area (Å²) < 4.78 is 0. The summed E-state index contributed by atoms with van der Waals surface area (Å²) >= 11 is 0. The largest absolute Gasteiger partial charge is 0.365 e. The molecule has 0 aliphatic heterocycles. The summed E-state index contributed by atoms with van der Waals surface area (Å²) in [5.74, 6) is -0.401. The molecule has 0 aliphatic rings. The van der Waals surface area contributed by atoms with E-state index in [0.29, 0.717) is 0 Å². The van der Waals surface area contributed by atoms with Crippen LogP contribution in [0, 0.1) is 10.1 Å². The van der Waals surface area contributed by atoms with Gasteiger partial charge in [0.25, 0.3) is 5.96 Å². The monoisotopic (exact) mass is 159 g/mol. The van der Waals surface area contributed by atoms with Crippen molar-refractivity contribution in [3.63, 3.8) is 0 Å². The zero-order valence-corrected chi connectivity index (χ0v) is 5.34. The fourth-order valence-corrected chi connectivity index (χ4v) is 0.271. The molecule has 0 amide bonds. The zero-order chi connectivity index (χ0) is 8.69. The van der Waals surface area contributed by atoms with Gasteiger partial charge in [-0.2, -0.15) is 0 Å². The summed E-state index contributed by atoms with van der Waals surface area (Å²) in [6.45, 7) is -0.167. The van der Waals surface area contributed by atoms with Crippen LogP contribution < -0.4 is 11.1 Å². The van der Waals surface area contributed by atoms with Gasteiger partial charge in [-0.05, 0) is 5.53 Å². The molecule has 3 N–H and O–H groups in total. The van der Waals surface area contributed by atoms with Crippen LogP contribution in [0.25, 0.3) is 10.4 Å². The van der Waals surface area contributed by atoms with Crippen LogP contribution in [0.4, 0.5) is 0 Å². The van der Waals surface area contributed by atoms with Crippen molar-refractivity contribution in [3.05, 3.63) is 20.6 Å². The molecule has 0 aromatic heterocycles. The van der Waals surface area contributed by atoms with E-state index in [0.717, 1.165) is 0 Å². The normalized spacial score (nSPS) is 10.0. The third-order valence-corrected chi connectivity index (χ3v) is 0.584. The van der Waals surface area contributed by atoms with Gasteiger partial charge in [-0.3, -0.25) is 0 Å². The number of rotatable bonds is 3. The van der Waals surface area contributed by atoms with Gasteiger partial charge >= 0.3 is 0 Å². The average Bonchev–Trinajstić information content (AvgIpc) is 1.86. The number of hydrazone groups is 1. The Kier molecular flexibility index (Phi) is 3.94. The van der Waals surface area contributed by atoms with E-state index >= 15 is 0 Å². The van der Waals surface area contributed by atoms with Crippen LogP contribution in [0.3, 0.4) is 0 Å². The maximum atomic E-state index is 9.64. The molecule has 0 rings (SSSR count). The molecule has 11 heavy (non-hydrogen) atoms. The van der Waals surface area contributed by atoms with Crippen LogP contribution in [-0.2, 0) is 0 Å². The van der Waals surface area contributed by atoms with Crippen molar-refractivity contribution in [1.29, 1.82) is 0 Å². The fourth-order valence-electron chi connectivity index (χ4n) is 0.271. The predicted octanol–water partition coefficient (Wildman–Crippen LogP) is -0.650. The lowest BCUT2D eigenvalue weighted by atomic mass is 10.9. The molecular weight excluding hydrogens is 154 g/mol. The van der Waals surface area contributed by atoms with Gasteiger partial charge in [-0.25, -0.2) is 10.1 Å². The molecule has 0 unspecified atom stereocenters. The Hall–Kier alpha value is -2.02. The highest BCUT2D eigenvalue weighted by Crippen LogP contribution is 1.69. The highest BCUT2D eigenvalue weighted by Gasteiger charge is 1.94. The number of nitrogens with two attached hydrogens (primary N) is 1. The molecule has 0 bridgehead atoms. The lowest BCUT2D eigenvalue weighted by Crippen LogP contribution is -2.32. The quantitative estimate of drug-likeness (QED) is 0.107. The van der Waals surface area contributed by atoms with Crippen LogP contribution in [0.2, 0.25) is 0 Å². The molecule has 0 aromatic rings. The average molecular weight is 159 g/mol. The van der Waals surface area contributed by atoms with Crippen molar-refractivity contribution >= 4 is 5.96 Å². The van der Waals surface area contributed by atoms with Crippen molar-refractivity contribution in [2.75, 3.05) is 6.67 Å². The summed E-state index contributed by atoms with van der Waals surface area (Å²) in [6, 6.07) is 0. The molecule has 9 heteroatoms. The topological polar surface area (TPSA) is 142 Å². The second-order valence-corrected chi connectivity index (χ2v) is 1.29. The number of hydrogen-bond acceptors (Lipinski definition) is 3. The standard InChI is InChI=1S/C2H5N7O2/c3-2(7-9(10)11)5-1-6-8-4/h1H2,(H3,3,5,7). The highest BCUT2D eigenvalue weighted by molar-refractivity contribution is 5.76. The number of nitro groups is 1. The maximum Gasteiger partial charge on any atom is 0.266 e. The Morgan fingerprint density at radius 2 is 2.55 bits per heavy atom. The van der Waals surface area contributed by atoms with E-state index in [1.165, 1.54) is 0 Å². The summed E-state index contributed by atoms with van der Waals surface area (Å²) in [4.78, 5) is 12.0. The molecule has 9 nitrogen and oxygen atoms in total. The Morgan fingerprint density at radius 3 is 3.00 bits per heavy atom. The van der Waals surface area contributed by atoms with E-state index in [4.69, 9.17) is 11.3 Å². The molecule has 0 atom stereocenters. The molecule has 0 radical (unpaired) electrons. The van der Waals surface area contributed by atoms with Gasteiger partial charge in [0.2, 0.25) is 0 Å². The van der Waals surface area contributed by atoms with Crippen molar-refractivity contribution in [1.82, 2.24) is 5.32 Å². The van der Waals surface area contributed by atoms with Gasteiger partial charge in [-0.1, -0.05) is 5.11 Å². The van der Waals surface area contributed by atoms with Crippen molar-refractivity contribution in [3.8, 4) is 0 Å². The van der Waals surface area contributed by atoms with E-state index in [2.05, 4.69) is 20.4 Å². The predicted molar refractivity (Wildman–Crippen MR) is 35.8 cm³/mol. The summed E-state index contributed by atoms with van der Waals surface area (Å²) in [6.07, 6.45) is 0. The van der Waals surface area contributed by atoms with Crippen LogP contribution in [-0.4, -0.2) is 17.7 Å². The Balaban J connectivity index is 3.77. The number of nitrogens with zero attached hydrogens (tertiary/aromatic N) is 5. The number of azide groups is 1. The lowest BCUT2D eigenvalue weighted by molar-refractivity contribution is -0.485. The smallest absolute Gasteiger partial charge is 0.266 e. The Labute approximate surface area is 60.6 Å². The third kappa shape index (κ3) is 5.86. The molecule has 0 aromatic carbocycles. The molecule has 0 saturated carbocycles. The van der Waals surface area contributed by atoms with E-state index in [-0.39, 0.29) is 6.67 Å². The minimum absolute atomic E-state index is 0.167. The van der Waals surface area contributed by atoms with Crippen molar-refractivity contribution < 1.29 is 5.03 Å². The van der Waals surface area contributed by atoms with Gasteiger partial charge < -0.3 is 11.1 Å². The van der Waals surface area contributed by atoms with Gasteiger partial charge in [0.1, 0.15) is 5.10 Å². The second kappa shape index (κ2) is 4.82. The molecule has 60 valence electrons. The van der Waals surface area contributed by atoms with Gasteiger partial charge in [0.05, 0.1) is 6.67 Å². The third-order valence-electron chi connectivity index (χ3n) is 0.584. The van der Waals surface area contributed by atoms with E-state index in [1.54, 1.807) is 0 Å². The zero-order valence-electron chi connectivity index (χ0n) is 5.34. The van der Waals surface area contributed by atoms with Crippen LogP contribution in [0.5, 0.6) is 0 Å². The van der Waals surface area contributed by atoms with E-state index < -0.39 is 11.0 Å². The van der Waals surface area contributed by atoms with E-state index in [1.807, 2.05) is 0 Å². The molecular formula is C2H5N7O2. The highest BCUT2D eigenvalue weighted by atomic mass is 16.7. The van der Waals surface area contributed by atoms with E-state index in [9.17, 15) is 10.1 Å². The molecule has 0 saturated heterocycles. The first-order chi connectivity index (χ1) is 5.16. The van der Waals surface area contributed by atoms with Crippen LogP contribution >= 0.6 is 0 Å². The molecule has 0 fully saturated rings. The SMILES string of the molecule is [N-]=[N+]=NCNC(N)=N[N+](=O)[O-]. The fraction of sp³-hybridized carbons (Fsp3) is 0.500. The van der Waals surface area contributed by atoms with Crippen molar-refractivity contribution in [2.45, 2.75) is 0 Å². The van der Waals surface area contributed by atoms with Gasteiger partial charge in [0.15, 0.2) is 5.03 Å². The first-order valence-corrected chi connectivity index (χ1v) is 2.40. The Morgan fingerprint density at radius 1 is 1.91 bits per heavy atom. The first-order valence-electron chi connectivity index (χ1n) is 2.40. The Bertz CT molecular complexity index is 214. The van der Waals surface area contributed by atoms with Crippen molar-refractivity contribution in [2.24, 2.45) is 15.9 Å². The van der Waals surface area contributed by atoms with Crippen LogP contribution in [0.1, 0.15) is 0 Å². The van der Waals surface area contributed by atoms with Gasteiger partial charge in [0, 0.05) is 4.91 Å². The van der Waals surface area contributed by atoms with Gasteiger partial charge in [-0.15, -0.1) is 0 Å². The first kappa shape index (κ1) is 8.98. The summed E-state index contributed by atoms with van der Waals surface area (Å²) in [5, 5.41) is 16.5. The minimum atomic E-state index is -0.960. The molecule has 0 spiro atoms. The number of hydrogen-bond donors (Lipinski definition) is 2. The minimum Gasteiger partial charge on any atom is -0.365 e. The lowest BCUT2D eigenvalue weighted by Gasteiger charge is -1.93. The number of guanidine groups is 1. The molecule has 0 heterocycles. The summed E-state index contributed by atoms with van der Waals surface area (Å²) in [7, 11) is 0. The van der Waals surface area contributed by atoms with Crippen LogP contribution in [0.15, 0.2) is 10.2 Å². The maximum absolute atomic E-state index is 9.64.